The van der Waals surface area contributed by atoms with Crippen LogP contribution >= 0.6 is 7.82 Å². The quantitative estimate of drug-likeness (QED) is 0.0264. The predicted molar refractivity (Wildman–Crippen MR) is 317 cm³/mol. The number of esters is 2. The van der Waals surface area contributed by atoms with Gasteiger partial charge >= 0.3 is 19.8 Å². The van der Waals surface area contributed by atoms with E-state index >= 15 is 0 Å². The van der Waals surface area contributed by atoms with Gasteiger partial charge in [0.25, 0.3) is 0 Å². The van der Waals surface area contributed by atoms with Crippen LogP contribution in [0.15, 0.2) is 36.5 Å². The molecule has 0 fully saturated rings. The first-order valence-electron chi connectivity index (χ1n) is 32.0. The molecule has 0 amide bonds. The summed E-state index contributed by atoms with van der Waals surface area (Å²) in [7, 11) is -4.39. The van der Waals surface area contributed by atoms with Crippen molar-refractivity contribution in [2.75, 3.05) is 26.4 Å². The van der Waals surface area contributed by atoms with Crippen molar-refractivity contribution in [1.29, 1.82) is 0 Å². The lowest BCUT2D eigenvalue weighted by Gasteiger charge is -2.19. The number of hydrogen-bond acceptors (Lipinski definition) is 8. The van der Waals surface area contributed by atoms with Crippen LogP contribution in [-0.4, -0.2) is 49.3 Å². The SMILES string of the molecule is CCCCCCC/C=C\C/C=C\CCCCCCCCCCCCCCCCCCCCCCCCCCCC(=O)OC(COC(=O)CCCCCCC/C=C\CCCCCCCCC)COP(=O)(O)OCCN. The Morgan fingerprint density at radius 2 is 0.703 bits per heavy atom. The summed E-state index contributed by atoms with van der Waals surface area (Å²) in [6, 6.07) is 0. The lowest BCUT2D eigenvalue weighted by molar-refractivity contribution is -0.161. The van der Waals surface area contributed by atoms with Gasteiger partial charge in [-0.1, -0.05) is 281 Å². The van der Waals surface area contributed by atoms with Gasteiger partial charge in [-0.15, -0.1) is 0 Å². The summed E-state index contributed by atoms with van der Waals surface area (Å²) in [5.41, 5.74) is 5.38. The maximum Gasteiger partial charge on any atom is 0.472 e. The Balaban J connectivity index is 3.78. The number of phosphoric ester groups is 1. The number of ether oxygens (including phenoxy) is 2. The molecule has 0 aromatic rings. The van der Waals surface area contributed by atoms with Crippen LogP contribution in [0.5, 0.6) is 0 Å². The molecule has 74 heavy (non-hydrogen) atoms. The molecule has 0 radical (unpaired) electrons. The van der Waals surface area contributed by atoms with E-state index in [4.69, 9.17) is 24.3 Å². The molecule has 0 aromatic carbocycles. The van der Waals surface area contributed by atoms with Gasteiger partial charge in [0.2, 0.25) is 0 Å². The topological polar surface area (TPSA) is 134 Å². The Bertz CT molecular complexity index is 1310. The van der Waals surface area contributed by atoms with Crippen LogP contribution in [0.1, 0.15) is 328 Å². The maximum absolute atomic E-state index is 12.7. The average molecular weight is 1060 g/mol. The van der Waals surface area contributed by atoms with E-state index in [0.29, 0.717) is 6.42 Å². The molecule has 0 saturated heterocycles. The molecule has 0 bridgehead atoms. The molecule has 0 rings (SSSR count). The number of phosphoric acid groups is 1. The lowest BCUT2D eigenvalue weighted by atomic mass is 10.0. The fourth-order valence-corrected chi connectivity index (χ4v) is 10.3. The van der Waals surface area contributed by atoms with Gasteiger partial charge in [-0.3, -0.25) is 18.6 Å². The van der Waals surface area contributed by atoms with Crippen LogP contribution in [0.4, 0.5) is 0 Å². The first-order chi connectivity index (χ1) is 36.3. The van der Waals surface area contributed by atoms with Crippen LogP contribution in [0.3, 0.4) is 0 Å². The zero-order chi connectivity index (χ0) is 53.8. The molecule has 0 aliphatic carbocycles. The number of rotatable bonds is 61. The van der Waals surface area contributed by atoms with E-state index in [2.05, 4.69) is 50.3 Å². The third kappa shape index (κ3) is 59.5. The van der Waals surface area contributed by atoms with Gasteiger partial charge in [-0.25, -0.2) is 4.57 Å². The fraction of sp³-hybridized carbons (Fsp3) is 0.875. The molecule has 10 heteroatoms. The number of nitrogens with two attached hydrogens (primary N) is 1. The molecule has 0 aliphatic rings. The van der Waals surface area contributed by atoms with Crippen LogP contribution < -0.4 is 5.73 Å². The van der Waals surface area contributed by atoms with Crippen LogP contribution in [0.25, 0.3) is 0 Å². The van der Waals surface area contributed by atoms with Crippen molar-refractivity contribution in [2.45, 2.75) is 335 Å². The highest BCUT2D eigenvalue weighted by atomic mass is 31.2. The van der Waals surface area contributed by atoms with Crippen molar-refractivity contribution < 1.29 is 37.6 Å². The third-order valence-electron chi connectivity index (χ3n) is 14.2. The van der Waals surface area contributed by atoms with E-state index in [1.54, 1.807) is 0 Å². The molecule has 0 aromatic heterocycles. The van der Waals surface area contributed by atoms with E-state index < -0.39 is 26.5 Å². The van der Waals surface area contributed by atoms with Crippen LogP contribution in [0.2, 0.25) is 0 Å². The molecule has 2 atom stereocenters. The molecule has 0 spiro atoms. The monoisotopic (exact) mass is 1060 g/mol. The van der Waals surface area contributed by atoms with Crippen molar-refractivity contribution in [3.8, 4) is 0 Å². The molecule has 436 valence electrons. The summed E-state index contributed by atoms with van der Waals surface area (Å²) in [6.07, 6.45) is 73.8. The third-order valence-corrected chi connectivity index (χ3v) is 15.2. The normalized spacial score (nSPS) is 13.2. The first-order valence-corrected chi connectivity index (χ1v) is 33.5. The van der Waals surface area contributed by atoms with Gasteiger partial charge < -0.3 is 20.1 Å². The number of hydrogen-bond donors (Lipinski definition) is 2. The summed E-state index contributed by atoms with van der Waals surface area (Å²) >= 11 is 0. The Labute approximate surface area is 458 Å². The zero-order valence-electron chi connectivity index (χ0n) is 48.8. The summed E-state index contributed by atoms with van der Waals surface area (Å²) < 4.78 is 33.0. The van der Waals surface area contributed by atoms with Crippen molar-refractivity contribution in [2.24, 2.45) is 5.73 Å². The molecule has 0 heterocycles. The van der Waals surface area contributed by atoms with Crippen molar-refractivity contribution in [1.82, 2.24) is 0 Å². The highest BCUT2D eigenvalue weighted by Gasteiger charge is 2.26. The summed E-state index contributed by atoms with van der Waals surface area (Å²) in [5, 5.41) is 0. The second-order valence-electron chi connectivity index (χ2n) is 21.6. The van der Waals surface area contributed by atoms with Gasteiger partial charge in [0.15, 0.2) is 6.10 Å². The standard InChI is InChI=1S/C64H122NO8P/c1-3-5-7-9-11-13-15-17-19-21-22-23-24-25-26-27-28-29-30-31-32-33-34-35-36-37-38-39-40-41-43-45-47-49-51-53-55-57-64(67)73-62(61-72-74(68,69)71-59-58-65)60-70-63(66)56-54-52-50-48-46-44-42-20-18-16-14-12-10-8-6-4-2/h15,17,20-22,42,62H,3-14,16,18-19,23-41,43-61,65H2,1-2H3,(H,68,69)/b17-15-,22-21-,42-20-. The Morgan fingerprint density at radius 3 is 1.04 bits per heavy atom. The van der Waals surface area contributed by atoms with Crippen molar-refractivity contribution in [3.05, 3.63) is 36.5 Å². The molecule has 0 aliphatic heterocycles. The highest BCUT2D eigenvalue weighted by molar-refractivity contribution is 7.47. The molecular formula is C64H122NO8P. The predicted octanol–water partition coefficient (Wildman–Crippen LogP) is 20.4. The lowest BCUT2D eigenvalue weighted by Crippen LogP contribution is -2.29. The van der Waals surface area contributed by atoms with E-state index in [-0.39, 0.29) is 38.6 Å². The Kier molecular flexibility index (Phi) is 59.0. The summed E-state index contributed by atoms with van der Waals surface area (Å²) in [5.74, 6) is -0.821. The van der Waals surface area contributed by atoms with Crippen molar-refractivity contribution in [3.63, 3.8) is 0 Å². The highest BCUT2D eigenvalue weighted by Crippen LogP contribution is 2.43. The first kappa shape index (κ1) is 72.2. The van der Waals surface area contributed by atoms with Gasteiger partial charge in [0.1, 0.15) is 6.61 Å². The number of allylic oxidation sites excluding steroid dienone is 6. The van der Waals surface area contributed by atoms with Crippen molar-refractivity contribution >= 4 is 19.8 Å². The largest absolute Gasteiger partial charge is 0.472 e. The van der Waals surface area contributed by atoms with Gasteiger partial charge in [-0.2, -0.15) is 0 Å². The van der Waals surface area contributed by atoms with Gasteiger partial charge in [-0.05, 0) is 70.6 Å². The Morgan fingerprint density at radius 1 is 0.405 bits per heavy atom. The minimum atomic E-state index is -4.39. The second-order valence-corrected chi connectivity index (χ2v) is 23.1. The maximum atomic E-state index is 12.7. The zero-order valence-corrected chi connectivity index (χ0v) is 49.7. The molecule has 0 saturated carbocycles. The summed E-state index contributed by atoms with van der Waals surface area (Å²) in [4.78, 5) is 35.2. The minimum Gasteiger partial charge on any atom is -0.462 e. The van der Waals surface area contributed by atoms with E-state index in [0.717, 1.165) is 57.8 Å². The fourth-order valence-electron chi connectivity index (χ4n) is 9.49. The van der Waals surface area contributed by atoms with Crippen LogP contribution in [-0.2, 0) is 32.7 Å². The minimum absolute atomic E-state index is 0.0544. The smallest absolute Gasteiger partial charge is 0.462 e. The number of carbonyl (C=O) groups excluding carboxylic acids is 2. The van der Waals surface area contributed by atoms with E-state index in [9.17, 15) is 19.0 Å². The number of unbranched alkanes of at least 4 members (excludes halogenated alkanes) is 42. The molecule has 2 unspecified atom stereocenters. The van der Waals surface area contributed by atoms with Gasteiger partial charge in [0, 0.05) is 19.4 Å². The summed E-state index contributed by atoms with van der Waals surface area (Å²) in [6.45, 7) is 3.77. The van der Waals surface area contributed by atoms with Gasteiger partial charge in [0.05, 0.1) is 13.2 Å². The van der Waals surface area contributed by atoms with E-state index in [1.165, 1.54) is 238 Å². The molecular weight excluding hydrogens is 942 g/mol. The average Bonchev–Trinajstić information content (AvgIpc) is 3.39. The number of carbonyl (C=O) groups is 2. The van der Waals surface area contributed by atoms with E-state index in [1.807, 2.05) is 0 Å². The second kappa shape index (κ2) is 60.5. The van der Waals surface area contributed by atoms with Crippen LogP contribution in [0, 0.1) is 0 Å². The Hall–Kier alpha value is -1.77. The molecule has 9 nitrogen and oxygen atoms in total. The molecule has 3 N–H and O–H groups in total.